The first-order valence-electron chi connectivity index (χ1n) is 18.2. The van der Waals surface area contributed by atoms with Gasteiger partial charge >= 0.3 is 0 Å². The summed E-state index contributed by atoms with van der Waals surface area (Å²) in [6.45, 7) is 0. The van der Waals surface area contributed by atoms with Crippen molar-refractivity contribution in [3.63, 3.8) is 0 Å². The van der Waals surface area contributed by atoms with Gasteiger partial charge in [0.05, 0.1) is 5.69 Å². The molecule has 0 radical (unpaired) electrons. The average Bonchev–Trinajstić information content (AvgIpc) is 3.72. The van der Waals surface area contributed by atoms with Gasteiger partial charge in [0.1, 0.15) is 0 Å². The van der Waals surface area contributed by atoms with E-state index in [1.165, 1.54) is 115 Å². The lowest BCUT2D eigenvalue weighted by Crippen LogP contribution is -2.18. The molecule has 240 valence electrons. The summed E-state index contributed by atoms with van der Waals surface area (Å²) in [6.07, 6.45) is 0.941. The molecule has 0 bridgehead atoms. The highest BCUT2D eigenvalue weighted by Crippen LogP contribution is 2.57. The van der Waals surface area contributed by atoms with Crippen molar-refractivity contribution in [3.8, 4) is 22.3 Å². The summed E-state index contributed by atoms with van der Waals surface area (Å²) in [5.74, 6) is 0. The van der Waals surface area contributed by atoms with Crippen molar-refractivity contribution in [1.82, 2.24) is 0 Å². The SMILES string of the molecule is c1ccc(-c2c3c4cccc5cccc(c3c(-c3ccccc3)c3c6ccc(N7c8ccccc8Cc8ccccc87)c7cccc(c23)c76)c54)cc1. The average molecular weight is 658 g/mol. The fourth-order valence-electron chi connectivity index (χ4n) is 9.73. The number of hydrogen-bond donors (Lipinski definition) is 0. The van der Waals surface area contributed by atoms with Gasteiger partial charge in [-0.2, -0.15) is 0 Å². The molecule has 52 heavy (non-hydrogen) atoms. The first-order chi connectivity index (χ1) is 25.8. The van der Waals surface area contributed by atoms with Gasteiger partial charge in [0.2, 0.25) is 0 Å². The molecular formula is C51H31N. The molecule has 1 heteroatoms. The minimum absolute atomic E-state index is 0.941. The zero-order valence-corrected chi connectivity index (χ0v) is 28.4. The molecule has 0 aliphatic carbocycles. The summed E-state index contributed by atoms with van der Waals surface area (Å²) >= 11 is 0. The van der Waals surface area contributed by atoms with Crippen LogP contribution >= 0.6 is 0 Å². The Balaban J connectivity index is 1.32. The van der Waals surface area contributed by atoms with Crippen LogP contribution < -0.4 is 4.90 Å². The van der Waals surface area contributed by atoms with Crippen LogP contribution in [0.1, 0.15) is 11.1 Å². The predicted octanol–water partition coefficient (Wildman–Crippen LogP) is 14.2. The molecule has 0 amide bonds. The Morgan fingerprint density at radius 2 is 0.731 bits per heavy atom. The van der Waals surface area contributed by atoms with E-state index in [0.29, 0.717) is 0 Å². The van der Waals surface area contributed by atoms with Crippen LogP contribution in [0.15, 0.2) is 176 Å². The highest BCUT2D eigenvalue weighted by atomic mass is 15.2. The first kappa shape index (κ1) is 28.0. The lowest BCUT2D eigenvalue weighted by Gasteiger charge is -2.34. The third-order valence-corrected chi connectivity index (χ3v) is 11.7. The Bertz CT molecular complexity index is 3020. The Hall–Kier alpha value is -6.70. The molecule has 0 atom stereocenters. The van der Waals surface area contributed by atoms with E-state index in [1.54, 1.807) is 0 Å². The molecule has 12 rings (SSSR count). The zero-order valence-electron chi connectivity index (χ0n) is 28.4. The minimum Gasteiger partial charge on any atom is -0.309 e. The predicted molar refractivity (Wildman–Crippen MR) is 222 cm³/mol. The van der Waals surface area contributed by atoms with Gasteiger partial charge in [0.15, 0.2) is 0 Å². The summed E-state index contributed by atoms with van der Waals surface area (Å²) in [6, 6.07) is 65.5. The molecule has 0 unspecified atom stereocenters. The molecule has 0 N–H and O–H groups in total. The van der Waals surface area contributed by atoms with Crippen molar-refractivity contribution in [3.05, 3.63) is 187 Å². The van der Waals surface area contributed by atoms with Crippen LogP contribution in [0.5, 0.6) is 0 Å². The van der Waals surface area contributed by atoms with Crippen LogP contribution in [-0.2, 0) is 6.42 Å². The van der Waals surface area contributed by atoms with E-state index in [-0.39, 0.29) is 0 Å². The maximum atomic E-state index is 2.51. The number of nitrogens with zero attached hydrogens (tertiary/aromatic N) is 1. The van der Waals surface area contributed by atoms with E-state index in [9.17, 15) is 0 Å². The molecule has 0 spiro atoms. The van der Waals surface area contributed by atoms with E-state index in [1.807, 2.05) is 0 Å². The van der Waals surface area contributed by atoms with Gasteiger partial charge in [-0.1, -0.05) is 158 Å². The summed E-state index contributed by atoms with van der Waals surface area (Å²) in [4.78, 5) is 2.51. The highest BCUT2D eigenvalue weighted by molar-refractivity contribution is 6.46. The molecule has 1 aliphatic rings. The number of rotatable bonds is 3. The van der Waals surface area contributed by atoms with Gasteiger partial charge in [0.25, 0.3) is 0 Å². The second-order valence-corrected chi connectivity index (χ2v) is 14.3. The fourth-order valence-corrected chi connectivity index (χ4v) is 9.73. The number of para-hydroxylation sites is 2. The highest BCUT2D eigenvalue weighted by Gasteiger charge is 2.30. The van der Waals surface area contributed by atoms with E-state index < -0.39 is 0 Å². The van der Waals surface area contributed by atoms with Crippen molar-refractivity contribution in [2.45, 2.75) is 6.42 Å². The van der Waals surface area contributed by atoms with Crippen LogP contribution in [0, 0.1) is 0 Å². The molecule has 0 aromatic heterocycles. The van der Waals surface area contributed by atoms with Crippen LogP contribution in [0.2, 0.25) is 0 Å². The molecule has 11 aromatic carbocycles. The third-order valence-electron chi connectivity index (χ3n) is 11.7. The van der Waals surface area contributed by atoms with Crippen molar-refractivity contribution in [2.24, 2.45) is 0 Å². The summed E-state index contributed by atoms with van der Waals surface area (Å²) < 4.78 is 0. The molecule has 0 saturated heterocycles. The summed E-state index contributed by atoms with van der Waals surface area (Å²) in [7, 11) is 0. The van der Waals surface area contributed by atoms with E-state index in [0.717, 1.165) is 6.42 Å². The first-order valence-corrected chi connectivity index (χ1v) is 18.2. The lowest BCUT2D eigenvalue weighted by molar-refractivity contribution is 1.09. The van der Waals surface area contributed by atoms with Crippen molar-refractivity contribution >= 4 is 81.7 Å². The Labute approximate surface area is 301 Å². The van der Waals surface area contributed by atoms with Gasteiger partial charge in [-0.25, -0.2) is 0 Å². The minimum atomic E-state index is 0.941. The second kappa shape index (κ2) is 10.4. The standard InChI is InChI=1S/C51H31N/c1-3-14-32(15-4-1)45-48-37-23-11-20-31-21-12-24-38(44(31)37)49(48)46(33-16-5-2-6-17-33)51-40-28-29-43(36-22-13-25-39(47(36)40)50(45)51)52-41-26-9-7-18-34(41)30-35-19-8-10-27-42(35)52/h1-29H,30H2. The van der Waals surface area contributed by atoms with Crippen molar-refractivity contribution in [2.75, 3.05) is 4.90 Å². The van der Waals surface area contributed by atoms with Gasteiger partial charge in [-0.3, -0.25) is 0 Å². The summed E-state index contributed by atoms with van der Waals surface area (Å²) in [5, 5.41) is 15.9. The van der Waals surface area contributed by atoms with Crippen molar-refractivity contribution in [1.29, 1.82) is 0 Å². The number of benzene rings is 9. The quantitative estimate of drug-likeness (QED) is 0.183. The molecule has 0 fully saturated rings. The summed E-state index contributed by atoms with van der Waals surface area (Å²) in [5.41, 5.74) is 11.6. The smallest absolute Gasteiger partial charge is 0.0540 e. The molecule has 0 saturated carbocycles. The van der Waals surface area contributed by atoms with Gasteiger partial charge in [0, 0.05) is 23.2 Å². The molecule has 11 aromatic rings. The van der Waals surface area contributed by atoms with E-state index in [2.05, 4.69) is 181 Å². The normalized spacial score (nSPS) is 12.9. The van der Waals surface area contributed by atoms with Gasteiger partial charge in [-0.05, 0) is 111 Å². The zero-order chi connectivity index (χ0) is 33.9. The number of fused-ring (bicyclic) bond motifs is 8. The number of anilines is 3. The van der Waals surface area contributed by atoms with Crippen molar-refractivity contribution < 1.29 is 0 Å². The van der Waals surface area contributed by atoms with Gasteiger partial charge in [-0.15, -0.1) is 0 Å². The van der Waals surface area contributed by atoms with Crippen LogP contribution in [-0.4, -0.2) is 0 Å². The molecule has 1 heterocycles. The lowest BCUT2D eigenvalue weighted by atomic mass is 9.87. The topological polar surface area (TPSA) is 3.24 Å². The Morgan fingerprint density at radius 1 is 0.288 bits per heavy atom. The monoisotopic (exact) mass is 657 g/mol. The largest absolute Gasteiger partial charge is 0.309 e. The molecular weight excluding hydrogens is 627 g/mol. The van der Waals surface area contributed by atoms with Gasteiger partial charge < -0.3 is 4.90 Å². The maximum Gasteiger partial charge on any atom is 0.0540 e. The Kier molecular flexibility index (Phi) is 5.62. The molecule has 1 nitrogen and oxygen atoms in total. The molecule has 1 aliphatic heterocycles. The maximum absolute atomic E-state index is 2.51. The van der Waals surface area contributed by atoms with E-state index in [4.69, 9.17) is 0 Å². The van der Waals surface area contributed by atoms with Crippen LogP contribution in [0.25, 0.3) is 86.9 Å². The Morgan fingerprint density at radius 3 is 1.29 bits per heavy atom. The van der Waals surface area contributed by atoms with Crippen LogP contribution in [0.4, 0.5) is 17.1 Å². The fraction of sp³-hybridized carbons (Fsp3) is 0.0196. The van der Waals surface area contributed by atoms with E-state index >= 15 is 0 Å². The third kappa shape index (κ3) is 3.62. The number of hydrogen-bond acceptors (Lipinski definition) is 1. The van der Waals surface area contributed by atoms with Crippen LogP contribution in [0.3, 0.4) is 0 Å². The second-order valence-electron chi connectivity index (χ2n) is 14.3.